The fourth-order valence-electron chi connectivity index (χ4n) is 6.83. The quantitative estimate of drug-likeness (QED) is 0.296. The highest BCUT2D eigenvalue weighted by molar-refractivity contribution is 5.92. The summed E-state index contributed by atoms with van der Waals surface area (Å²) in [5, 5.41) is 35.2. The van der Waals surface area contributed by atoms with E-state index in [1.54, 1.807) is 20.8 Å². The minimum atomic E-state index is -2.30. The zero-order valence-electron chi connectivity index (χ0n) is 20.8. The molecule has 10 heteroatoms. The molecule has 8 atom stereocenters. The molecular weight excluding hydrogens is 444 g/mol. The fraction of sp³-hybridized carbons (Fsp3) is 0.792. The van der Waals surface area contributed by atoms with E-state index in [9.17, 15) is 29.7 Å². The van der Waals surface area contributed by atoms with Crippen LogP contribution in [-0.4, -0.2) is 68.2 Å². The number of amides is 2. The lowest BCUT2D eigenvalue weighted by atomic mass is 9.40. The Labute approximate surface area is 200 Å². The number of carbonyl (C=O) groups is 3. The Hall–Kier alpha value is -2.01. The average Bonchev–Trinajstić information content (AvgIpc) is 2.75. The molecule has 192 valence electrons. The number of hydrogen-bond acceptors (Lipinski definition) is 8. The summed E-state index contributed by atoms with van der Waals surface area (Å²) in [6, 6.07) is 0. The van der Waals surface area contributed by atoms with E-state index in [4.69, 9.17) is 9.47 Å². The van der Waals surface area contributed by atoms with E-state index in [0.29, 0.717) is 12.8 Å². The number of hydrazine groups is 1. The Balaban J connectivity index is 2.17. The second kappa shape index (κ2) is 8.29. The minimum Gasteiger partial charge on any atom is -0.439 e. The van der Waals surface area contributed by atoms with Crippen LogP contribution in [0.2, 0.25) is 0 Å². The molecule has 0 spiro atoms. The second-order valence-electron chi connectivity index (χ2n) is 11.2. The molecule has 0 bridgehead atoms. The van der Waals surface area contributed by atoms with Gasteiger partial charge in [-0.2, -0.15) is 0 Å². The average molecular weight is 483 g/mol. The number of Topliss-reactive ketones (excluding diaryl/α,β-unsaturated/α-hetero) is 1. The van der Waals surface area contributed by atoms with Gasteiger partial charge in [-0.15, -0.1) is 6.58 Å². The highest BCUT2D eigenvalue weighted by atomic mass is 16.6. The van der Waals surface area contributed by atoms with Crippen molar-refractivity contribution in [3.63, 3.8) is 0 Å². The summed E-state index contributed by atoms with van der Waals surface area (Å²) in [6.45, 7) is 13.7. The molecule has 0 unspecified atom stereocenters. The molecular formula is C24H38N2O8. The number of carbonyl (C=O) groups excluding carboxylic acids is 3. The van der Waals surface area contributed by atoms with Crippen LogP contribution in [0.1, 0.15) is 67.2 Å². The van der Waals surface area contributed by atoms with Crippen LogP contribution < -0.4 is 10.9 Å². The summed E-state index contributed by atoms with van der Waals surface area (Å²) in [6.07, 6.45) is -2.97. The van der Waals surface area contributed by atoms with Crippen LogP contribution in [0.25, 0.3) is 0 Å². The maximum Gasteiger partial charge on any atom is 0.426 e. The van der Waals surface area contributed by atoms with Gasteiger partial charge < -0.3 is 24.8 Å². The lowest BCUT2D eigenvalue weighted by Gasteiger charge is -2.71. The summed E-state index contributed by atoms with van der Waals surface area (Å²) in [5.74, 6) is -1.88. The lowest BCUT2D eigenvalue weighted by molar-refractivity contribution is -0.369. The Bertz CT molecular complexity index is 892. The van der Waals surface area contributed by atoms with Gasteiger partial charge in [0.1, 0.15) is 5.60 Å². The molecule has 2 saturated carbocycles. The molecule has 5 N–H and O–H groups in total. The van der Waals surface area contributed by atoms with Gasteiger partial charge in [0, 0.05) is 24.2 Å². The zero-order valence-corrected chi connectivity index (χ0v) is 20.8. The first-order valence-electron chi connectivity index (χ1n) is 11.7. The molecule has 2 aliphatic carbocycles. The maximum absolute atomic E-state index is 13.8. The standard InChI is InChI=1S/C24H38N2O8/c1-8-15(29)25-26-19(31)33-18-16(30)17-20(3,4)11-10-13(27)22(17,6)24(32)14(28)12-21(5,9-2)34-23(18,24)7/h9,13,16-18,27,30,32H,2,8,10-12H2,1,3-7H3,(H,25,29)(H,26,31)/t13-,16-,17-,18-,21-,22-,23+,24-/m0/s1. The Morgan fingerprint density at radius 2 is 1.82 bits per heavy atom. The van der Waals surface area contributed by atoms with Crippen LogP contribution in [0.15, 0.2) is 12.7 Å². The van der Waals surface area contributed by atoms with Crippen LogP contribution >= 0.6 is 0 Å². The van der Waals surface area contributed by atoms with Crippen LogP contribution in [0.3, 0.4) is 0 Å². The Kier molecular flexibility index (Phi) is 6.48. The molecule has 3 rings (SSSR count). The first-order chi connectivity index (χ1) is 15.5. The first kappa shape index (κ1) is 26.6. The third-order valence-electron chi connectivity index (χ3n) is 8.59. The van der Waals surface area contributed by atoms with Crippen molar-refractivity contribution >= 4 is 17.8 Å². The third-order valence-corrected chi connectivity index (χ3v) is 8.59. The normalized spacial score (nSPS) is 45.4. The lowest BCUT2D eigenvalue weighted by Crippen LogP contribution is -2.86. The van der Waals surface area contributed by atoms with E-state index < -0.39 is 69.6 Å². The van der Waals surface area contributed by atoms with Crippen molar-refractivity contribution in [2.75, 3.05) is 0 Å². The van der Waals surface area contributed by atoms with Crippen LogP contribution in [0.4, 0.5) is 4.79 Å². The molecule has 0 aromatic carbocycles. The van der Waals surface area contributed by atoms with Crippen molar-refractivity contribution in [3.05, 3.63) is 12.7 Å². The number of fused-ring (bicyclic) bond motifs is 3. The van der Waals surface area contributed by atoms with Gasteiger partial charge in [0.15, 0.2) is 17.5 Å². The van der Waals surface area contributed by atoms with E-state index in [1.807, 2.05) is 13.8 Å². The van der Waals surface area contributed by atoms with Crippen molar-refractivity contribution in [2.45, 2.75) is 102 Å². The summed E-state index contributed by atoms with van der Waals surface area (Å²) >= 11 is 0. The summed E-state index contributed by atoms with van der Waals surface area (Å²) in [5.41, 5.74) is -3.30. The summed E-state index contributed by atoms with van der Waals surface area (Å²) in [7, 11) is 0. The molecule has 1 aliphatic heterocycles. The van der Waals surface area contributed by atoms with Crippen LogP contribution in [0.5, 0.6) is 0 Å². The molecule has 1 saturated heterocycles. The highest BCUT2D eigenvalue weighted by Crippen LogP contribution is 2.66. The minimum absolute atomic E-state index is 0.117. The fourth-order valence-corrected chi connectivity index (χ4v) is 6.83. The molecule has 2 amide bonds. The van der Waals surface area contributed by atoms with Crippen LogP contribution in [0, 0.1) is 16.7 Å². The molecule has 0 aromatic heterocycles. The predicted molar refractivity (Wildman–Crippen MR) is 121 cm³/mol. The van der Waals surface area contributed by atoms with Crippen molar-refractivity contribution in [2.24, 2.45) is 16.7 Å². The van der Waals surface area contributed by atoms with Crippen molar-refractivity contribution in [1.82, 2.24) is 10.9 Å². The van der Waals surface area contributed by atoms with E-state index in [0.717, 1.165) is 0 Å². The Morgan fingerprint density at radius 1 is 1.21 bits per heavy atom. The van der Waals surface area contributed by atoms with E-state index in [1.165, 1.54) is 13.0 Å². The van der Waals surface area contributed by atoms with Gasteiger partial charge in [0.05, 0.1) is 17.8 Å². The summed E-state index contributed by atoms with van der Waals surface area (Å²) < 4.78 is 11.9. The Morgan fingerprint density at radius 3 is 2.38 bits per heavy atom. The van der Waals surface area contributed by atoms with Crippen molar-refractivity contribution in [1.29, 1.82) is 0 Å². The van der Waals surface area contributed by atoms with Crippen molar-refractivity contribution in [3.8, 4) is 0 Å². The number of nitrogens with one attached hydrogen (secondary N) is 2. The van der Waals surface area contributed by atoms with E-state index >= 15 is 0 Å². The number of hydrogen-bond donors (Lipinski definition) is 5. The van der Waals surface area contributed by atoms with Crippen molar-refractivity contribution < 1.29 is 39.2 Å². The summed E-state index contributed by atoms with van der Waals surface area (Å²) in [4.78, 5) is 37.9. The van der Waals surface area contributed by atoms with Crippen LogP contribution in [-0.2, 0) is 19.1 Å². The molecule has 10 nitrogen and oxygen atoms in total. The topological polar surface area (TPSA) is 154 Å². The van der Waals surface area contributed by atoms with Gasteiger partial charge in [0.2, 0.25) is 5.91 Å². The van der Waals surface area contributed by atoms with E-state index in [-0.39, 0.29) is 12.8 Å². The monoisotopic (exact) mass is 482 g/mol. The smallest absolute Gasteiger partial charge is 0.426 e. The number of aliphatic hydroxyl groups excluding tert-OH is 2. The molecule has 0 radical (unpaired) electrons. The van der Waals surface area contributed by atoms with E-state index in [2.05, 4.69) is 17.4 Å². The number of aliphatic hydroxyl groups is 3. The predicted octanol–water partition coefficient (Wildman–Crippen LogP) is 1.12. The van der Waals surface area contributed by atoms with Gasteiger partial charge >= 0.3 is 6.09 Å². The van der Waals surface area contributed by atoms with Gasteiger partial charge in [-0.1, -0.05) is 33.8 Å². The molecule has 3 fully saturated rings. The first-order valence-corrected chi connectivity index (χ1v) is 11.7. The molecule has 34 heavy (non-hydrogen) atoms. The number of ether oxygens (including phenoxy) is 2. The zero-order chi connectivity index (χ0) is 25.9. The third kappa shape index (κ3) is 3.49. The van der Waals surface area contributed by atoms with Gasteiger partial charge in [-0.05, 0) is 32.1 Å². The maximum atomic E-state index is 13.8. The largest absolute Gasteiger partial charge is 0.439 e. The molecule has 0 aromatic rings. The number of ketones is 1. The number of rotatable bonds is 3. The van der Waals surface area contributed by atoms with Gasteiger partial charge in [-0.3, -0.25) is 15.0 Å². The second-order valence-corrected chi connectivity index (χ2v) is 11.2. The van der Waals surface area contributed by atoms with Gasteiger partial charge in [0.25, 0.3) is 0 Å². The highest BCUT2D eigenvalue weighted by Gasteiger charge is 2.81. The SMILES string of the molecule is C=C[C@@]1(C)CC(=O)[C@]2(O)[C@@]3(C)[C@@H](O)CCC(C)(C)[C@@H]3[C@H](O)[C@H](OC(=O)NNC(=O)CC)[C@@]2(C)O1. The molecule has 1 heterocycles. The molecule has 3 aliphatic rings. The van der Waals surface area contributed by atoms with Gasteiger partial charge in [-0.25, -0.2) is 10.2 Å².